The molecule has 1 fully saturated rings. The second-order valence-electron chi connectivity index (χ2n) is 7.70. The van der Waals surface area contributed by atoms with Crippen LogP contribution in [0.4, 0.5) is 5.82 Å². The van der Waals surface area contributed by atoms with Crippen molar-refractivity contribution in [2.24, 2.45) is 0 Å². The standard InChI is InChI=1S/C22H29N5O2/c1-2-3-4-7-12-27-20(23)18(22(28)24-14-15-9-8-13-29-15)19-21(27)26-17-11-6-5-10-16(17)25-19/h5-6,10-11,15H,2-4,7-9,12-14,23H2,1H3,(H,24,28). The number of aromatic nitrogens is 3. The molecule has 1 aromatic carbocycles. The summed E-state index contributed by atoms with van der Waals surface area (Å²) in [6.45, 7) is 4.17. The number of rotatable bonds is 8. The van der Waals surface area contributed by atoms with Crippen LogP contribution < -0.4 is 11.1 Å². The molecule has 3 aromatic rings. The van der Waals surface area contributed by atoms with Crippen molar-refractivity contribution in [1.29, 1.82) is 0 Å². The summed E-state index contributed by atoms with van der Waals surface area (Å²) in [5.41, 5.74) is 9.71. The molecule has 3 heterocycles. The first-order valence-corrected chi connectivity index (χ1v) is 10.6. The van der Waals surface area contributed by atoms with E-state index >= 15 is 0 Å². The van der Waals surface area contributed by atoms with Crippen molar-refractivity contribution < 1.29 is 9.53 Å². The molecule has 1 atom stereocenters. The zero-order valence-electron chi connectivity index (χ0n) is 17.0. The number of carbonyl (C=O) groups excluding carboxylic acids is 1. The van der Waals surface area contributed by atoms with Gasteiger partial charge in [0.05, 0.1) is 17.1 Å². The predicted octanol–water partition coefficient (Wildman–Crippen LogP) is 3.66. The lowest BCUT2D eigenvalue weighted by atomic mass is 10.2. The Morgan fingerprint density at radius 1 is 1.24 bits per heavy atom. The lowest BCUT2D eigenvalue weighted by molar-refractivity contribution is 0.0859. The lowest BCUT2D eigenvalue weighted by Gasteiger charge is -2.11. The number of hydrogen-bond acceptors (Lipinski definition) is 5. The molecule has 0 saturated carbocycles. The smallest absolute Gasteiger partial charge is 0.257 e. The average Bonchev–Trinajstić information content (AvgIpc) is 3.34. The van der Waals surface area contributed by atoms with E-state index in [4.69, 9.17) is 20.4 Å². The van der Waals surface area contributed by atoms with E-state index in [9.17, 15) is 4.79 Å². The molecule has 0 bridgehead atoms. The van der Waals surface area contributed by atoms with Gasteiger partial charge in [0.2, 0.25) is 0 Å². The molecule has 1 aliphatic heterocycles. The molecule has 7 heteroatoms. The van der Waals surface area contributed by atoms with Crippen LogP contribution >= 0.6 is 0 Å². The largest absolute Gasteiger partial charge is 0.384 e. The fourth-order valence-electron chi connectivity index (χ4n) is 3.96. The molecule has 4 rings (SSSR count). The number of carbonyl (C=O) groups is 1. The first-order valence-electron chi connectivity index (χ1n) is 10.6. The summed E-state index contributed by atoms with van der Waals surface area (Å²) in [6.07, 6.45) is 6.56. The molecule has 1 aliphatic rings. The molecule has 0 spiro atoms. The van der Waals surface area contributed by atoms with Gasteiger partial charge in [-0.15, -0.1) is 0 Å². The number of fused-ring (bicyclic) bond motifs is 2. The number of benzene rings is 1. The Morgan fingerprint density at radius 2 is 2.03 bits per heavy atom. The number of hydrogen-bond donors (Lipinski definition) is 2. The number of unbranched alkanes of at least 4 members (excludes halogenated alkanes) is 3. The second-order valence-corrected chi connectivity index (χ2v) is 7.70. The zero-order chi connectivity index (χ0) is 20.2. The van der Waals surface area contributed by atoms with Crippen molar-refractivity contribution in [2.75, 3.05) is 18.9 Å². The van der Waals surface area contributed by atoms with E-state index in [1.165, 1.54) is 12.8 Å². The van der Waals surface area contributed by atoms with Crippen LogP contribution in [0.3, 0.4) is 0 Å². The first-order chi connectivity index (χ1) is 14.2. The van der Waals surface area contributed by atoms with E-state index in [0.29, 0.717) is 29.1 Å². The van der Waals surface area contributed by atoms with Crippen LogP contribution in [0.25, 0.3) is 22.2 Å². The highest BCUT2D eigenvalue weighted by Gasteiger charge is 2.25. The van der Waals surface area contributed by atoms with Gasteiger partial charge >= 0.3 is 0 Å². The minimum absolute atomic E-state index is 0.0782. The monoisotopic (exact) mass is 395 g/mol. The Labute approximate surface area is 170 Å². The number of nitrogens with two attached hydrogens (primary N) is 1. The number of nitrogen functional groups attached to an aromatic ring is 1. The highest BCUT2D eigenvalue weighted by molar-refractivity contribution is 6.10. The summed E-state index contributed by atoms with van der Waals surface area (Å²) in [4.78, 5) is 22.6. The second kappa shape index (κ2) is 8.78. The van der Waals surface area contributed by atoms with Crippen molar-refractivity contribution in [3.63, 3.8) is 0 Å². The van der Waals surface area contributed by atoms with Crippen LogP contribution in [0.15, 0.2) is 24.3 Å². The molecule has 154 valence electrons. The summed E-state index contributed by atoms with van der Waals surface area (Å²) in [5, 5.41) is 2.99. The van der Waals surface area contributed by atoms with Crippen molar-refractivity contribution in [2.45, 2.75) is 58.1 Å². The first kappa shape index (κ1) is 19.6. The summed E-state index contributed by atoms with van der Waals surface area (Å²) >= 11 is 0. The molecule has 2 aromatic heterocycles. The Bertz CT molecular complexity index is 1010. The highest BCUT2D eigenvalue weighted by atomic mass is 16.5. The third-order valence-corrected chi connectivity index (χ3v) is 5.57. The minimum atomic E-state index is -0.208. The van der Waals surface area contributed by atoms with E-state index in [-0.39, 0.29) is 12.0 Å². The third-order valence-electron chi connectivity index (χ3n) is 5.57. The molecule has 7 nitrogen and oxygen atoms in total. The van der Waals surface area contributed by atoms with Crippen LogP contribution in [0.1, 0.15) is 55.8 Å². The summed E-state index contributed by atoms with van der Waals surface area (Å²) in [6, 6.07) is 7.70. The number of nitrogens with one attached hydrogen (secondary N) is 1. The Balaban J connectivity index is 1.69. The maximum absolute atomic E-state index is 13.0. The molecule has 29 heavy (non-hydrogen) atoms. The average molecular weight is 396 g/mol. The van der Waals surface area contributed by atoms with Gasteiger partial charge in [0.25, 0.3) is 5.91 Å². The van der Waals surface area contributed by atoms with Crippen LogP contribution in [0.2, 0.25) is 0 Å². The van der Waals surface area contributed by atoms with Crippen molar-refractivity contribution in [3.05, 3.63) is 29.8 Å². The molecule has 0 aliphatic carbocycles. The fraction of sp³-hybridized carbons (Fsp3) is 0.500. The Hall–Kier alpha value is -2.67. The number of para-hydroxylation sites is 2. The van der Waals surface area contributed by atoms with Gasteiger partial charge in [0, 0.05) is 19.7 Å². The lowest BCUT2D eigenvalue weighted by Crippen LogP contribution is -2.32. The molecular weight excluding hydrogens is 366 g/mol. The van der Waals surface area contributed by atoms with Gasteiger partial charge in [0.15, 0.2) is 5.65 Å². The number of amides is 1. The number of ether oxygens (including phenoxy) is 1. The molecule has 1 saturated heterocycles. The van der Waals surface area contributed by atoms with Gasteiger partial charge in [0.1, 0.15) is 16.9 Å². The van der Waals surface area contributed by atoms with Crippen molar-refractivity contribution in [3.8, 4) is 0 Å². The zero-order valence-corrected chi connectivity index (χ0v) is 17.0. The Kier molecular flexibility index (Phi) is 5.94. The fourth-order valence-corrected chi connectivity index (χ4v) is 3.96. The normalized spacial score (nSPS) is 16.7. The molecule has 0 radical (unpaired) electrons. The Morgan fingerprint density at radius 3 is 2.76 bits per heavy atom. The van der Waals surface area contributed by atoms with Crippen molar-refractivity contribution in [1.82, 2.24) is 19.9 Å². The molecule has 1 amide bonds. The maximum atomic E-state index is 13.0. The van der Waals surface area contributed by atoms with Gasteiger partial charge in [-0.3, -0.25) is 4.79 Å². The highest BCUT2D eigenvalue weighted by Crippen LogP contribution is 2.28. The van der Waals surface area contributed by atoms with E-state index in [0.717, 1.165) is 49.9 Å². The van der Waals surface area contributed by atoms with E-state index in [1.807, 2.05) is 28.8 Å². The quantitative estimate of drug-likeness (QED) is 0.568. The molecule has 3 N–H and O–H groups in total. The van der Waals surface area contributed by atoms with Gasteiger partial charge < -0.3 is 20.4 Å². The van der Waals surface area contributed by atoms with Crippen LogP contribution in [0.5, 0.6) is 0 Å². The third kappa shape index (κ3) is 4.05. The minimum Gasteiger partial charge on any atom is -0.384 e. The number of nitrogens with zero attached hydrogens (tertiary/aromatic N) is 3. The van der Waals surface area contributed by atoms with E-state index < -0.39 is 0 Å². The molecular formula is C22H29N5O2. The number of aryl methyl sites for hydroxylation is 1. The van der Waals surface area contributed by atoms with Gasteiger partial charge in [-0.2, -0.15) is 0 Å². The van der Waals surface area contributed by atoms with Crippen molar-refractivity contribution >= 4 is 33.9 Å². The van der Waals surface area contributed by atoms with Gasteiger partial charge in [-0.05, 0) is 31.4 Å². The maximum Gasteiger partial charge on any atom is 0.257 e. The summed E-state index contributed by atoms with van der Waals surface area (Å²) < 4.78 is 7.57. The van der Waals surface area contributed by atoms with Gasteiger partial charge in [-0.1, -0.05) is 38.3 Å². The van der Waals surface area contributed by atoms with E-state index in [1.54, 1.807) is 0 Å². The van der Waals surface area contributed by atoms with Crippen LogP contribution in [0, 0.1) is 0 Å². The summed E-state index contributed by atoms with van der Waals surface area (Å²) in [5.74, 6) is 0.233. The summed E-state index contributed by atoms with van der Waals surface area (Å²) in [7, 11) is 0. The molecule has 1 unspecified atom stereocenters. The van der Waals surface area contributed by atoms with Crippen LogP contribution in [-0.4, -0.2) is 39.7 Å². The van der Waals surface area contributed by atoms with Gasteiger partial charge in [-0.25, -0.2) is 9.97 Å². The topological polar surface area (TPSA) is 95.1 Å². The number of anilines is 1. The van der Waals surface area contributed by atoms with E-state index in [2.05, 4.69) is 12.2 Å². The SMILES string of the molecule is CCCCCCn1c(N)c(C(=O)NCC2CCCO2)c2nc3ccccc3nc21. The predicted molar refractivity (Wildman–Crippen MR) is 115 cm³/mol. The van der Waals surface area contributed by atoms with Crippen LogP contribution in [-0.2, 0) is 11.3 Å².